The van der Waals surface area contributed by atoms with Gasteiger partial charge < -0.3 is 20.3 Å². The van der Waals surface area contributed by atoms with E-state index >= 15 is 0 Å². The zero-order valence-corrected chi connectivity index (χ0v) is 11.0. The zero-order valence-electron chi connectivity index (χ0n) is 11.0. The van der Waals surface area contributed by atoms with Crippen molar-refractivity contribution in [1.29, 1.82) is 0 Å². The van der Waals surface area contributed by atoms with E-state index in [1.54, 1.807) is 4.90 Å². The summed E-state index contributed by atoms with van der Waals surface area (Å²) in [5.41, 5.74) is 5.30. The number of rotatable bonds is 6. The van der Waals surface area contributed by atoms with Gasteiger partial charge in [0.1, 0.15) is 6.61 Å². The van der Waals surface area contributed by atoms with Crippen molar-refractivity contribution in [2.24, 2.45) is 11.7 Å². The van der Waals surface area contributed by atoms with E-state index < -0.39 is 0 Å². The SMILES string of the molecule is CN1CCC(CN(C)C(=O)COCCN)CC1. The first-order chi connectivity index (χ1) is 8.13. The minimum absolute atomic E-state index is 0.0531. The summed E-state index contributed by atoms with van der Waals surface area (Å²) >= 11 is 0. The number of hydrogen-bond donors (Lipinski definition) is 1. The monoisotopic (exact) mass is 243 g/mol. The molecule has 0 aromatic carbocycles. The average Bonchev–Trinajstić information content (AvgIpc) is 2.32. The summed E-state index contributed by atoms with van der Waals surface area (Å²) in [6.45, 7) is 4.19. The lowest BCUT2D eigenvalue weighted by Crippen LogP contribution is -2.39. The molecule has 1 aliphatic rings. The molecule has 1 fully saturated rings. The van der Waals surface area contributed by atoms with Gasteiger partial charge in [-0.1, -0.05) is 0 Å². The minimum Gasteiger partial charge on any atom is -0.370 e. The van der Waals surface area contributed by atoms with Crippen LogP contribution in [-0.4, -0.2) is 69.2 Å². The Hall–Kier alpha value is -0.650. The summed E-state index contributed by atoms with van der Waals surface area (Å²) in [7, 11) is 4.00. The van der Waals surface area contributed by atoms with Crippen LogP contribution in [0.4, 0.5) is 0 Å². The first-order valence-electron chi connectivity index (χ1n) is 6.33. The molecule has 0 aromatic heterocycles. The molecule has 1 heterocycles. The van der Waals surface area contributed by atoms with E-state index in [9.17, 15) is 4.79 Å². The Kier molecular flexibility index (Phi) is 6.47. The number of carbonyl (C=O) groups is 1. The van der Waals surface area contributed by atoms with E-state index in [4.69, 9.17) is 10.5 Å². The fourth-order valence-corrected chi connectivity index (χ4v) is 2.09. The number of nitrogens with zero attached hydrogens (tertiary/aromatic N) is 2. The lowest BCUT2D eigenvalue weighted by Gasteiger charge is -2.31. The molecule has 0 aliphatic carbocycles. The van der Waals surface area contributed by atoms with Crippen LogP contribution < -0.4 is 5.73 Å². The van der Waals surface area contributed by atoms with Crippen LogP contribution in [0, 0.1) is 5.92 Å². The molecule has 0 unspecified atom stereocenters. The summed E-state index contributed by atoms with van der Waals surface area (Å²) in [5, 5.41) is 0. The number of ether oxygens (including phenoxy) is 1. The van der Waals surface area contributed by atoms with Gasteiger partial charge in [0.2, 0.25) is 5.91 Å². The van der Waals surface area contributed by atoms with Gasteiger partial charge in [0.25, 0.3) is 0 Å². The van der Waals surface area contributed by atoms with Crippen LogP contribution in [0.15, 0.2) is 0 Å². The number of nitrogens with two attached hydrogens (primary N) is 1. The summed E-state index contributed by atoms with van der Waals surface area (Å²) < 4.78 is 5.15. The molecule has 0 bridgehead atoms. The van der Waals surface area contributed by atoms with Gasteiger partial charge in [0, 0.05) is 20.1 Å². The third kappa shape index (κ3) is 5.48. The molecule has 1 amide bonds. The van der Waals surface area contributed by atoms with Gasteiger partial charge in [0.15, 0.2) is 0 Å². The predicted molar refractivity (Wildman–Crippen MR) is 67.7 cm³/mol. The maximum Gasteiger partial charge on any atom is 0.248 e. The largest absolute Gasteiger partial charge is 0.370 e. The maximum atomic E-state index is 11.7. The molecule has 0 spiro atoms. The van der Waals surface area contributed by atoms with Crippen molar-refractivity contribution in [3.05, 3.63) is 0 Å². The normalized spacial score (nSPS) is 18.3. The van der Waals surface area contributed by atoms with Crippen LogP contribution in [0.5, 0.6) is 0 Å². The average molecular weight is 243 g/mol. The van der Waals surface area contributed by atoms with Gasteiger partial charge >= 0.3 is 0 Å². The predicted octanol–water partition coefficient (Wildman–Crippen LogP) is -0.238. The third-order valence-electron chi connectivity index (χ3n) is 3.28. The fourth-order valence-electron chi connectivity index (χ4n) is 2.09. The zero-order chi connectivity index (χ0) is 12.7. The van der Waals surface area contributed by atoms with Crippen LogP contribution >= 0.6 is 0 Å². The molecule has 0 atom stereocenters. The summed E-state index contributed by atoms with van der Waals surface area (Å²) in [6.07, 6.45) is 2.36. The van der Waals surface area contributed by atoms with Crippen molar-refractivity contribution >= 4 is 5.91 Å². The van der Waals surface area contributed by atoms with Crippen LogP contribution in [0.2, 0.25) is 0 Å². The highest BCUT2D eigenvalue weighted by Gasteiger charge is 2.20. The second-order valence-electron chi connectivity index (χ2n) is 4.86. The van der Waals surface area contributed by atoms with Crippen LogP contribution in [-0.2, 0) is 9.53 Å². The van der Waals surface area contributed by atoms with E-state index in [0.29, 0.717) is 19.1 Å². The van der Waals surface area contributed by atoms with Gasteiger partial charge in [-0.15, -0.1) is 0 Å². The first kappa shape index (κ1) is 14.4. The van der Waals surface area contributed by atoms with Gasteiger partial charge in [-0.2, -0.15) is 0 Å². The highest BCUT2D eigenvalue weighted by molar-refractivity contribution is 5.77. The number of carbonyl (C=O) groups excluding carboxylic acids is 1. The molecule has 1 aliphatic heterocycles. The van der Waals surface area contributed by atoms with Gasteiger partial charge in [0.05, 0.1) is 6.61 Å². The maximum absolute atomic E-state index is 11.7. The molecule has 100 valence electrons. The molecule has 0 saturated carbocycles. The third-order valence-corrected chi connectivity index (χ3v) is 3.28. The standard InChI is InChI=1S/C12H25N3O2/c1-14-6-3-11(4-7-14)9-15(2)12(16)10-17-8-5-13/h11H,3-10,13H2,1-2H3. The topological polar surface area (TPSA) is 58.8 Å². The number of amides is 1. The summed E-state index contributed by atoms with van der Waals surface area (Å²) in [4.78, 5) is 15.8. The van der Waals surface area contributed by atoms with Crippen molar-refractivity contribution in [3.63, 3.8) is 0 Å². The Bertz CT molecular complexity index is 228. The molecule has 0 aromatic rings. The first-order valence-corrected chi connectivity index (χ1v) is 6.33. The Labute approximate surface area is 104 Å². The van der Waals surface area contributed by atoms with Gasteiger partial charge in [-0.05, 0) is 38.9 Å². The minimum atomic E-state index is 0.0531. The molecule has 5 heteroatoms. The summed E-state index contributed by atoms with van der Waals surface area (Å²) in [5.74, 6) is 0.687. The molecular weight excluding hydrogens is 218 g/mol. The lowest BCUT2D eigenvalue weighted by atomic mass is 9.97. The summed E-state index contributed by atoms with van der Waals surface area (Å²) in [6, 6.07) is 0. The molecule has 0 radical (unpaired) electrons. The van der Waals surface area contributed by atoms with Crippen molar-refractivity contribution in [3.8, 4) is 0 Å². The smallest absolute Gasteiger partial charge is 0.248 e. The van der Waals surface area contributed by atoms with Crippen molar-refractivity contribution in [2.45, 2.75) is 12.8 Å². The Morgan fingerprint density at radius 3 is 2.71 bits per heavy atom. The number of likely N-dealkylation sites (N-methyl/N-ethyl adjacent to an activating group) is 1. The second kappa shape index (κ2) is 7.63. The highest BCUT2D eigenvalue weighted by atomic mass is 16.5. The molecule has 2 N–H and O–H groups in total. The fraction of sp³-hybridized carbons (Fsp3) is 0.917. The highest BCUT2D eigenvalue weighted by Crippen LogP contribution is 2.16. The molecule has 1 rings (SSSR count). The van der Waals surface area contributed by atoms with Crippen LogP contribution in [0.1, 0.15) is 12.8 Å². The molecule has 17 heavy (non-hydrogen) atoms. The van der Waals surface area contributed by atoms with E-state index in [0.717, 1.165) is 19.6 Å². The quantitative estimate of drug-likeness (QED) is 0.654. The van der Waals surface area contributed by atoms with Crippen molar-refractivity contribution < 1.29 is 9.53 Å². The Morgan fingerprint density at radius 2 is 2.12 bits per heavy atom. The number of piperidine rings is 1. The van der Waals surface area contributed by atoms with Crippen LogP contribution in [0.25, 0.3) is 0 Å². The second-order valence-corrected chi connectivity index (χ2v) is 4.86. The molecular formula is C12H25N3O2. The molecule has 1 saturated heterocycles. The van der Waals surface area contributed by atoms with Gasteiger partial charge in [-0.25, -0.2) is 0 Å². The van der Waals surface area contributed by atoms with Crippen molar-refractivity contribution in [2.75, 3.05) is 53.5 Å². The Balaban J connectivity index is 2.19. The molecule has 5 nitrogen and oxygen atoms in total. The van der Waals surface area contributed by atoms with E-state index in [-0.39, 0.29) is 12.5 Å². The lowest BCUT2D eigenvalue weighted by molar-refractivity contribution is -0.135. The number of likely N-dealkylation sites (tertiary alicyclic amines) is 1. The number of hydrogen-bond acceptors (Lipinski definition) is 4. The Morgan fingerprint density at radius 1 is 1.47 bits per heavy atom. The van der Waals surface area contributed by atoms with E-state index in [1.165, 1.54) is 12.8 Å². The van der Waals surface area contributed by atoms with E-state index in [2.05, 4.69) is 11.9 Å². The van der Waals surface area contributed by atoms with Crippen molar-refractivity contribution in [1.82, 2.24) is 9.80 Å². The van der Waals surface area contributed by atoms with E-state index in [1.807, 2.05) is 7.05 Å². The van der Waals surface area contributed by atoms with Crippen LogP contribution in [0.3, 0.4) is 0 Å². The van der Waals surface area contributed by atoms with Gasteiger partial charge in [-0.3, -0.25) is 4.79 Å².